The van der Waals surface area contributed by atoms with E-state index < -0.39 is 29.4 Å². The number of primary amides is 1. The molecule has 2 N–H and O–H groups in total. The van der Waals surface area contributed by atoms with Gasteiger partial charge in [0.15, 0.2) is 5.79 Å². The van der Waals surface area contributed by atoms with Crippen molar-refractivity contribution < 1.29 is 37.4 Å². The van der Waals surface area contributed by atoms with Crippen molar-refractivity contribution in [3.05, 3.63) is 59.7 Å². The Morgan fingerprint density at radius 2 is 1.75 bits per heavy atom. The maximum absolute atomic E-state index is 14.0. The van der Waals surface area contributed by atoms with E-state index >= 15 is 0 Å². The number of hydrogen-bond acceptors (Lipinski definition) is 6. The number of nitrogens with zero attached hydrogens (tertiary/aromatic N) is 1. The lowest BCUT2D eigenvalue weighted by molar-refractivity contribution is -0.257. The van der Waals surface area contributed by atoms with Gasteiger partial charge in [-0.3, -0.25) is 9.59 Å². The van der Waals surface area contributed by atoms with E-state index in [1.807, 2.05) is 13.8 Å². The van der Waals surface area contributed by atoms with E-state index in [0.717, 1.165) is 12.5 Å². The lowest BCUT2D eigenvalue weighted by Gasteiger charge is -2.33. The van der Waals surface area contributed by atoms with E-state index in [1.165, 1.54) is 24.1 Å². The predicted octanol–water partition coefficient (Wildman–Crippen LogP) is 3.21. The van der Waals surface area contributed by atoms with Crippen LogP contribution in [0, 0.1) is 11.6 Å². The first-order valence-electron chi connectivity index (χ1n) is 11.7. The Morgan fingerprint density at radius 1 is 1.14 bits per heavy atom. The lowest BCUT2D eigenvalue weighted by Crippen LogP contribution is -2.45. The van der Waals surface area contributed by atoms with Gasteiger partial charge in [-0.15, -0.1) is 0 Å². The number of amides is 2. The fourth-order valence-corrected chi connectivity index (χ4v) is 4.08. The zero-order valence-corrected chi connectivity index (χ0v) is 20.7. The molecule has 36 heavy (non-hydrogen) atoms. The van der Waals surface area contributed by atoms with Crippen molar-refractivity contribution >= 4 is 18.3 Å². The maximum atomic E-state index is 14.0. The van der Waals surface area contributed by atoms with Crippen LogP contribution in [0.1, 0.15) is 32.3 Å². The molecule has 1 spiro atoms. The molecule has 2 heterocycles. The Kier molecular flexibility index (Phi) is 10.9. The average molecular weight is 507 g/mol. The topological polar surface area (TPSA) is 108 Å². The number of halogens is 2. The summed E-state index contributed by atoms with van der Waals surface area (Å²) >= 11 is 0. The lowest BCUT2D eigenvalue weighted by atomic mass is 10.0. The fourth-order valence-electron chi connectivity index (χ4n) is 4.08. The number of rotatable bonds is 4. The minimum atomic E-state index is -0.975. The van der Waals surface area contributed by atoms with Gasteiger partial charge in [0.05, 0.1) is 33.3 Å². The molecule has 10 heteroatoms. The summed E-state index contributed by atoms with van der Waals surface area (Å²) < 4.78 is 43.6. The third-order valence-electron chi connectivity index (χ3n) is 5.66. The molecule has 2 aromatic carbocycles. The van der Waals surface area contributed by atoms with Crippen LogP contribution in [0.4, 0.5) is 8.78 Å². The number of hydrogen-bond donors (Lipinski definition) is 1. The third kappa shape index (κ3) is 7.08. The Bertz CT molecular complexity index is 1030. The molecule has 0 aromatic heterocycles. The first-order chi connectivity index (χ1) is 17.3. The van der Waals surface area contributed by atoms with Crippen LogP contribution in [-0.4, -0.2) is 61.9 Å². The van der Waals surface area contributed by atoms with Crippen molar-refractivity contribution in [2.75, 3.05) is 26.9 Å². The monoisotopic (exact) mass is 506 g/mol. The molecule has 0 radical (unpaired) electrons. The van der Waals surface area contributed by atoms with Crippen LogP contribution in [-0.2, 0) is 35.0 Å². The zero-order valence-electron chi connectivity index (χ0n) is 20.7. The zero-order chi connectivity index (χ0) is 26.7. The van der Waals surface area contributed by atoms with Gasteiger partial charge in [0.25, 0.3) is 0 Å². The Hall–Kier alpha value is -3.37. The molecule has 2 amide bonds. The van der Waals surface area contributed by atoms with Crippen LogP contribution in [0.25, 0.3) is 11.1 Å². The molecule has 2 saturated heterocycles. The van der Waals surface area contributed by atoms with Crippen molar-refractivity contribution in [2.24, 2.45) is 5.73 Å². The number of likely N-dealkylation sites (tertiary alicyclic amines) is 1. The SMILES string of the molecule is CC.COC(=O)C1CC2(CN1C(=O)Cc1ccc(-c3ccc(F)cc3F)cc1)OCCCO2.NC=O. The van der Waals surface area contributed by atoms with Gasteiger partial charge in [-0.25, -0.2) is 13.6 Å². The Labute approximate surface area is 209 Å². The summed E-state index contributed by atoms with van der Waals surface area (Å²) in [6.45, 7) is 5.18. The summed E-state index contributed by atoms with van der Waals surface area (Å²) in [5.74, 6) is -3.04. The second-order valence-electron chi connectivity index (χ2n) is 7.86. The second-order valence-corrected chi connectivity index (χ2v) is 7.86. The maximum Gasteiger partial charge on any atom is 0.328 e. The quantitative estimate of drug-likeness (QED) is 0.504. The van der Waals surface area contributed by atoms with Gasteiger partial charge in [-0.1, -0.05) is 38.1 Å². The number of carbonyl (C=O) groups excluding carboxylic acids is 3. The van der Waals surface area contributed by atoms with Crippen molar-refractivity contribution in [2.45, 2.75) is 44.9 Å². The molecule has 0 saturated carbocycles. The fraction of sp³-hybridized carbons (Fsp3) is 0.423. The normalized spacial score (nSPS) is 17.8. The average Bonchev–Trinajstić information content (AvgIpc) is 3.25. The number of nitrogens with two attached hydrogens (primary N) is 1. The molecule has 1 atom stereocenters. The van der Waals surface area contributed by atoms with Gasteiger partial charge < -0.3 is 24.8 Å². The van der Waals surface area contributed by atoms with Crippen molar-refractivity contribution in [3.63, 3.8) is 0 Å². The van der Waals surface area contributed by atoms with Crippen LogP contribution in [0.2, 0.25) is 0 Å². The van der Waals surface area contributed by atoms with Gasteiger partial charge in [0.1, 0.15) is 17.7 Å². The first-order valence-corrected chi connectivity index (χ1v) is 11.7. The van der Waals surface area contributed by atoms with Crippen LogP contribution < -0.4 is 5.73 Å². The van der Waals surface area contributed by atoms with Gasteiger partial charge in [0, 0.05) is 18.1 Å². The number of ether oxygens (including phenoxy) is 3. The highest BCUT2D eigenvalue weighted by Gasteiger charge is 2.52. The van der Waals surface area contributed by atoms with E-state index in [2.05, 4.69) is 5.73 Å². The van der Waals surface area contributed by atoms with Gasteiger partial charge >= 0.3 is 5.97 Å². The highest BCUT2D eigenvalue weighted by atomic mass is 19.1. The van der Waals surface area contributed by atoms with Gasteiger partial charge in [0.2, 0.25) is 12.3 Å². The summed E-state index contributed by atoms with van der Waals surface area (Å²) in [7, 11) is 1.28. The number of esters is 1. The van der Waals surface area contributed by atoms with Crippen LogP contribution in [0.15, 0.2) is 42.5 Å². The first kappa shape index (κ1) is 28.9. The molecule has 2 fully saturated rings. The van der Waals surface area contributed by atoms with E-state index in [0.29, 0.717) is 24.3 Å². The van der Waals surface area contributed by atoms with E-state index in [-0.39, 0.29) is 37.3 Å². The molecule has 8 nitrogen and oxygen atoms in total. The van der Waals surface area contributed by atoms with E-state index in [4.69, 9.17) is 19.0 Å². The number of methoxy groups -OCH3 is 1. The van der Waals surface area contributed by atoms with Crippen molar-refractivity contribution in [3.8, 4) is 11.1 Å². The van der Waals surface area contributed by atoms with Crippen LogP contribution in [0.3, 0.4) is 0 Å². The molecule has 2 aromatic rings. The minimum absolute atomic E-state index is 0.0513. The summed E-state index contributed by atoms with van der Waals surface area (Å²) in [4.78, 5) is 35.3. The Morgan fingerprint density at radius 3 is 2.31 bits per heavy atom. The largest absolute Gasteiger partial charge is 0.467 e. The summed E-state index contributed by atoms with van der Waals surface area (Å²) in [6, 6.07) is 9.40. The molecule has 0 bridgehead atoms. The predicted molar refractivity (Wildman–Crippen MR) is 128 cm³/mol. The molecular weight excluding hydrogens is 474 g/mol. The van der Waals surface area contributed by atoms with E-state index in [9.17, 15) is 18.4 Å². The summed E-state index contributed by atoms with van der Waals surface area (Å²) in [5, 5.41) is 0. The van der Waals surface area contributed by atoms with E-state index in [1.54, 1.807) is 24.3 Å². The van der Waals surface area contributed by atoms with Crippen molar-refractivity contribution in [1.29, 1.82) is 0 Å². The second kappa shape index (κ2) is 13.6. The number of benzene rings is 2. The van der Waals surface area contributed by atoms with Crippen LogP contribution >= 0.6 is 0 Å². The van der Waals surface area contributed by atoms with Gasteiger partial charge in [-0.2, -0.15) is 0 Å². The number of carbonyl (C=O) groups is 3. The molecule has 0 aliphatic carbocycles. The molecule has 2 aliphatic rings. The highest BCUT2D eigenvalue weighted by Crippen LogP contribution is 2.35. The molecule has 2 aliphatic heterocycles. The standard InChI is InChI=1S/C23H23F2NO5.C2H6.CH3NO/c1-29-22(28)20-13-23(30-9-2-10-31-23)14-26(20)21(27)11-15-3-5-16(6-4-15)18-8-7-17(24)12-19(18)25;1-2;2-1-3/h3-8,12,20H,2,9-11,13-14H2,1H3;1-2H3;1H,(H2,2,3). The summed E-state index contributed by atoms with van der Waals surface area (Å²) in [5.41, 5.74) is 5.72. The van der Waals surface area contributed by atoms with Crippen molar-refractivity contribution in [1.82, 2.24) is 4.90 Å². The van der Waals surface area contributed by atoms with Gasteiger partial charge in [-0.05, 0) is 29.7 Å². The third-order valence-corrected chi connectivity index (χ3v) is 5.66. The van der Waals surface area contributed by atoms with Crippen LogP contribution in [0.5, 0.6) is 0 Å². The molecule has 196 valence electrons. The molecule has 4 rings (SSSR count). The summed E-state index contributed by atoms with van der Waals surface area (Å²) in [6.07, 6.45) is 1.30. The smallest absolute Gasteiger partial charge is 0.328 e. The molecular formula is C26H32F2N2O6. The Balaban J connectivity index is 0.000000850. The minimum Gasteiger partial charge on any atom is -0.467 e. The molecule has 1 unspecified atom stereocenters. The highest BCUT2D eigenvalue weighted by molar-refractivity contribution is 5.86.